The molecule has 0 saturated heterocycles. The topological polar surface area (TPSA) is 26.0 Å². The Balaban J connectivity index is 2.25. The predicted molar refractivity (Wildman–Crippen MR) is 65.3 cm³/mol. The summed E-state index contributed by atoms with van der Waals surface area (Å²) in [5.41, 5.74) is 5.78. The van der Waals surface area contributed by atoms with Crippen LogP contribution in [0.1, 0.15) is 38.2 Å². The van der Waals surface area contributed by atoms with E-state index in [1.54, 1.807) is 6.92 Å². The Morgan fingerprint density at radius 1 is 1.19 bits per heavy atom. The fourth-order valence-corrected chi connectivity index (χ4v) is 2.68. The van der Waals surface area contributed by atoms with Crippen LogP contribution in [-0.2, 0) is 5.54 Å². The van der Waals surface area contributed by atoms with Gasteiger partial charge in [-0.2, -0.15) is 0 Å². The third-order valence-electron chi connectivity index (χ3n) is 3.60. The molecule has 1 nitrogen and oxygen atoms in total. The molecule has 2 rings (SSSR count). The van der Waals surface area contributed by atoms with Crippen molar-refractivity contribution in [3.8, 4) is 0 Å². The second-order valence-corrected chi connectivity index (χ2v) is 5.46. The Hall–Kier alpha value is -0.600. The van der Waals surface area contributed by atoms with Gasteiger partial charge in [-0.15, -0.1) is 0 Å². The zero-order chi connectivity index (χ0) is 11.8. The second kappa shape index (κ2) is 4.01. The molecule has 0 aliphatic heterocycles. The van der Waals surface area contributed by atoms with Gasteiger partial charge in [-0.05, 0) is 44.2 Å². The molecule has 1 aliphatic carbocycles. The summed E-state index contributed by atoms with van der Waals surface area (Å²) in [6.07, 6.45) is 2.33. The number of halogens is 2. The van der Waals surface area contributed by atoms with Crippen LogP contribution in [-0.4, -0.2) is 5.67 Å². The molecule has 0 heterocycles. The van der Waals surface area contributed by atoms with E-state index in [4.69, 9.17) is 17.3 Å². The number of hydrogen-bond donors (Lipinski definition) is 1. The van der Waals surface area contributed by atoms with Gasteiger partial charge in [0.05, 0.1) is 0 Å². The summed E-state index contributed by atoms with van der Waals surface area (Å²) in [6, 6.07) is 7.61. The summed E-state index contributed by atoms with van der Waals surface area (Å²) in [5.74, 6) is 0. The van der Waals surface area contributed by atoms with Crippen LogP contribution in [0.25, 0.3) is 0 Å². The van der Waals surface area contributed by atoms with Gasteiger partial charge in [-0.3, -0.25) is 0 Å². The summed E-state index contributed by atoms with van der Waals surface area (Å²) < 4.78 is 13.7. The monoisotopic (exact) mass is 241 g/mol. The first-order valence-corrected chi connectivity index (χ1v) is 6.04. The van der Waals surface area contributed by atoms with Crippen LogP contribution in [0.2, 0.25) is 5.02 Å². The van der Waals surface area contributed by atoms with E-state index in [0.29, 0.717) is 30.7 Å². The van der Waals surface area contributed by atoms with Crippen molar-refractivity contribution in [3.63, 3.8) is 0 Å². The van der Waals surface area contributed by atoms with Gasteiger partial charge in [-0.25, -0.2) is 4.39 Å². The lowest BCUT2D eigenvalue weighted by molar-refractivity contribution is 0.0898. The highest BCUT2D eigenvalue weighted by Crippen LogP contribution is 2.42. The molecule has 88 valence electrons. The Morgan fingerprint density at radius 3 is 2.31 bits per heavy atom. The van der Waals surface area contributed by atoms with E-state index in [1.807, 2.05) is 24.3 Å². The van der Waals surface area contributed by atoms with Crippen molar-refractivity contribution >= 4 is 11.6 Å². The molecule has 0 unspecified atom stereocenters. The van der Waals surface area contributed by atoms with Gasteiger partial charge in [0.2, 0.25) is 0 Å². The quantitative estimate of drug-likeness (QED) is 0.795. The molecule has 1 fully saturated rings. The predicted octanol–water partition coefficient (Wildman–Crippen LogP) is 3.80. The minimum Gasteiger partial charge on any atom is -0.321 e. The lowest BCUT2D eigenvalue weighted by atomic mass is 9.73. The average molecular weight is 242 g/mol. The minimum atomic E-state index is -1.07. The van der Waals surface area contributed by atoms with Crippen LogP contribution >= 0.6 is 11.6 Å². The van der Waals surface area contributed by atoms with Crippen molar-refractivity contribution in [2.45, 2.75) is 43.8 Å². The molecule has 1 aromatic rings. The molecular weight excluding hydrogens is 225 g/mol. The summed E-state index contributed by atoms with van der Waals surface area (Å²) in [4.78, 5) is 0. The highest BCUT2D eigenvalue weighted by atomic mass is 35.5. The van der Waals surface area contributed by atoms with E-state index >= 15 is 0 Å². The van der Waals surface area contributed by atoms with Crippen LogP contribution < -0.4 is 5.73 Å². The molecule has 1 aromatic carbocycles. The third kappa shape index (κ3) is 2.23. The number of nitrogens with two attached hydrogens (primary N) is 1. The Labute approximate surface area is 101 Å². The fourth-order valence-electron chi connectivity index (χ4n) is 2.35. The molecule has 0 amide bonds. The molecule has 0 spiro atoms. The first kappa shape index (κ1) is 11.9. The first-order chi connectivity index (χ1) is 7.43. The largest absolute Gasteiger partial charge is 0.321 e. The molecular formula is C13H17ClFN. The zero-order valence-corrected chi connectivity index (χ0v) is 10.2. The standard InChI is InChI=1S/C13H17ClFN/c1-12(15)6-8-13(16,9-7-12)10-4-2-3-5-11(10)14/h2-5H,6-9,16H2,1H3. The van der Waals surface area contributed by atoms with Crippen LogP contribution in [0, 0.1) is 0 Å². The molecule has 16 heavy (non-hydrogen) atoms. The first-order valence-electron chi connectivity index (χ1n) is 5.66. The average Bonchev–Trinajstić information content (AvgIpc) is 2.24. The van der Waals surface area contributed by atoms with Crippen molar-refractivity contribution in [3.05, 3.63) is 34.9 Å². The highest BCUT2D eigenvalue weighted by molar-refractivity contribution is 6.31. The van der Waals surface area contributed by atoms with Gasteiger partial charge in [-0.1, -0.05) is 29.8 Å². The molecule has 0 bridgehead atoms. The van der Waals surface area contributed by atoms with Crippen molar-refractivity contribution in [1.29, 1.82) is 0 Å². The van der Waals surface area contributed by atoms with E-state index < -0.39 is 11.2 Å². The summed E-state index contributed by atoms with van der Waals surface area (Å²) >= 11 is 6.14. The summed E-state index contributed by atoms with van der Waals surface area (Å²) in [5, 5.41) is 0.687. The van der Waals surface area contributed by atoms with Gasteiger partial charge >= 0.3 is 0 Å². The maximum atomic E-state index is 13.7. The lowest BCUT2D eigenvalue weighted by Gasteiger charge is -2.39. The lowest BCUT2D eigenvalue weighted by Crippen LogP contribution is -2.44. The van der Waals surface area contributed by atoms with E-state index in [1.165, 1.54) is 0 Å². The van der Waals surface area contributed by atoms with Crippen molar-refractivity contribution in [2.24, 2.45) is 5.73 Å². The normalized spacial score (nSPS) is 35.0. The third-order valence-corrected chi connectivity index (χ3v) is 3.92. The molecule has 1 aliphatic rings. The summed E-state index contributed by atoms with van der Waals surface area (Å²) in [6.45, 7) is 1.65. The van der Waals surface area contributed by atoms with E-state index in [2.05, 4.69) is 0 Å². The van der Waals surface area contributed by atoms with Crippen molar-refractivity contribution < 1.29 is 4.39 Å². The smallest absolute Gasteiger partial charge is 0.108 e. The molecule has 0 aromatic heterocycles. The van der Waals surface area contributed by atoms with Gasteiger partial charge in [0.1, 0.15) is 5.67 Å². The minimum absolute atomic E-state index is 0.454. The van der Waals surface area contributed by atoms with Gasteiger partial charge < -0.3 is 5.73 Å². The maximum absolute atomic E-state index is 13.7. The van der Waals surface area contributed by atoms with Crippen molar-refractivity contribution in [1.82, 2.24) is 0 Å². The van der Waals surface area contributed by atoms with Gasteiger partial charge in [0.25, 0.3) is 0 Å². The zero-order valence-electron chi connectivity index (χ0n) is 9.47. The molecule has 3 heteroatoms. The van der Waals surface area contributed by atoms with Crippen LogP contribution in [0.15, 0.2) is 24.3 Å². The maximum Gasteiger partial charge on any atom is 0.108 e. The number of hydrogen-bond acceptors (Lipinski definition) is 1. The number of rotatable bonds is 1. The summed E-state index contributed by atoms with van der Waals surface area (Å²) in [7, 11) is 0. The SMILES string of the molecule is CC1(F)CCC(N)(c2ccccc2Cl)CC1. The fraction of sp³-hybridized carbons (Fsp3) is 0.538. The highest BCUT2D eigenvalue weighted by Gasteiger charge is 2.39. The van der Waals surface area contributed by atoms with E-state index in [0.717, 1.165) is 5.56 Å². The Morgan fingerprint density at radius 2 is 1.75 bits per heavy atom. The number of alkyl halides is 1. The molecule has 0 atom stereocenters. The van der Waals surface area contributed by atoms with Gasteiger partial charge in [0.15, 0.2) is 0 Å². The van der Waals surface area contributed by atoms with Crippen LogP contribution in [0.3, 0.4) is 0 Å². The molecule has 0 radical (unpaired) electrons. The Bertz CT molecular complexity index is 379. The molecule has 1 saturated carbocycles. The Kier molecular flexibility index (Phi) is 2.97. The second-order valence-electron chi connectivity index (χ2n) is 5.05. The molecule has 2 N–H and O–H groups in total. The van der Waals surface area contributed by atoms with Gasteiger partial charge in [0, 0.05) is 10.6 Å². The van der Waals surface area contributed by atoms with E-state index in [9.17, 15) is 4.39 Å². The van der Waals surface area contributed by atoms with Crippen molar-refractivity contribution in [2.75, 3.05) is 0 Å². The van der Waals surface area contributed by atoms with Crippen LogP contribution in [0.5, 0.6) is 0 Å². The number of benzene rings is 1. The van der Waals surface area contributed by atoms with Crippen LogP contribution in [0.4, 0.5) is 4.39 Å². The van der Waals surface area contributed by atoms with E-state index in [-0.39, 0.29) is 0 Å².